The summed E-state index contributed by atoms with van der Waals surface area (Å²) in [5.41, 5.74) is 1.89. The van der Waals surface area contributed by atoms with Gasteiger partial charge < -0.3 is 15.5 Å². The largest absolute Gasteiger partial charge is 0.371 e. The lowest BCUT2D eigenvalue weighted by molar-refractivity contribution is -0.128. The van der Waals surface area contributed by atoms with Crippen LogP contribution in [0.2, 0.25) is 0 Å². The molecule has 3 aliphatic rings. The molecule has 1 spiro atoms. The number of sulfonamides is 1. The zero-order valence-corrected chi connectivity index (χ0v) is 18.2. The second-order valence-electron chi connectivity index (χ2n) is 8.72. The van der Waals surface area contributed by atoms with Crippen molar-refractivity contribution in [2.45, 2.75) is 38.1 Å². The minimum absolute atomic E-state index is 0.163. The average molecular weight is 435 g/mol. The molecule has 3 aliphatic heterocycles. The Bertz CT molecular complexity index is 935. The third-order valence-electron chi connectivity index (χ3n) is 6.60. The van der Waals surface area contributed by atoms with Crippen molar-refractivity contribution in [3.63, 3.8) is 0 Å². The van der Waals surface area contributed by atoms with Crippen LogP contribution < -0.4 is 15.5 Å². The highest BCUT2D eigenvalue weighted by Gasteiger charge is 2.53. The van der Waals surface area contributed by atoms with Gasteiger partial charge in [-0.25, -0.2) is 12.7 Å². The summed E-state index contributed by atoms with van der Waals surface area (Å²) in [5, 5.41) is 5.72. The molecule has 164 valence electrons. The van der Waals surface area contributed by atoms with E-state index in [-0.39, 0.29) is 18.4 Å². The number of rotatable bonds is 6. The number of nitrogens with zero attached hydrogens (tertiary/aromatic N) is 2. The first-order valence-electron chi connectivity index (χ1n) is 10.7. The predicted octanol–water partition coefficient (Wildman–Crippen LogP) is 0.486. The Kier molecular flexibility index (Phi) is 5.76. The first kappa shape index (κ1) is 21.1. The Balaban J connectivity index is 1.25. The summed E-state index contributed by atoms with van der Waals surface area (Å²) < 4.78 is 24.9. The van der Waals surface area contributed by atoms with Crippen LogP contribution in [0.3, 0.4) is 0 Å². The van der Waals surface area contributed by atoms with Gasteiger partial charge in [0.25, 0.3) is 0 Å². The maximum absolute atomic E-state index is 12.6. The molecule has 1 aromatic carbocycles. The Morgan fingerprint density at radius 2 is 2.10 bits per heavy atom. The highest BCUT2D eigenvalue weighted by atomic mass is 32.2. The van der Waals surface area contributed by atoms with E-state index < -0.39 is 21.5 Å². The highest BCUT2D eigenvalue weighted by molar-refractivity contribution is 7.88. The van der Waals surface area contributed by atoms with Gasteiger partial charge in [0.05, 0.1) is 11.7 Å². The van der Waals surface area contributed by atoms with E-state index in [1.54, 1.807) is 0 Å². The second kappa shape index (κ2) is 8.19. The topological polar surface area (TPSA) is 98.8 Å². The van der Waals surface area contributed by atoms with Crippen molar-refractivity contribution in [1.82, 2.24) is 14.9 Å². The third-order valence-corrected chi connectivity index (χ3v) is 7.85. The first-order valence-corrected chi connectivity index (χ1v) is 12.5. The molecular formula is C21H30N4O4S. The fourth-order valence-corrected chi connectivity index (χ4v) is 5.83. The van der Waals surface area contributed by atoms with Crippen molar-refractivity contribution < 1.29 is 18.0 Å². The second-order valence-corrected chi connectivity index (χ2v) is 10.7. The number of aryl methyl sites for hydroxylation is 1. The molecule has 2 unspecified atom stereocenters. The molecule has 8 nitrogen and oxygen atoms in total. The molecule has 0 radical (unpaired) electrons. The zero-order valence-electron chi connectivity index (χ0n) is 17.4. The molecule has 30 heavy (non-hydrogen) atoms. The van der Waals surface area contributed by atoms with Crippen LogP contribution in [0, 0.1) is 5.41 Å². The summed E-state index contributed by atoms with van der Waals surface area (Å²) in [7, 11) is -3.33. The standard InChI is InChI=1S/C21H30N4O4S/c1-30(28,29)25-13-9-21(15-25)14-17(23-20(21)27)19(26)22-10-5-12-24-11-4-7-16-6-2-3-8-18(16)24/h2-3,6,8,17H,4-5,7,9-15H2,1H3,(H,22,26)(H,23,27). The molecular weight excluding hydrogens is 404 g/mol. The average Bonchev–Trinajstić information content (AvgIpc) is 3.30. The maximum Gasteiger partial charge on any atom is 0.242 e. The number of para-hydroxylation sites is 1. The van der Waals surface area contributed by atoms with Gasteiger partial charge in [0.2, 0.25) is 21.8 Å². The van der Waals surface area contributed by atoms with E-state index in [4.69, 9.17) is 0 Å². The molecule has 2 saturated heterocycles. The maximum atomic E-state index is 12.6. The van der Waals surface area contributed by atoms with E-state index in [9.17, 15) is 18.0 Å². The van der Waals surface area contributed by atoms with Gasteiger partial charge in [-0.15, -0.1) is 0 Å². The van der Waals surface area contributed by atoms with Crippen LogP contribution in [0.5, 0.6) is 0 Å². The number of benzene rings is 1. The summed E-state index contributed by atoms with van der Waals surface area (Å²) in [5.74, 6) is -0.393. The van der Waals surface area contributed by atoms with Crippen LogP contribution >= 0.6 is 0 Å². The van der Waals surface area contributed by atoms with Crippen LogP contribution in [0.15, 0.2) is 24.3 Å². The highest BCUT2D eigenvalue weighted by Crippen LogP contribution is 2.40. The minimum Gasteiger partial charge on any atom is -0.371 e. The molecule has 2 N–H and O–H groups in total. The van der Waals surface area contributed by atoms with Crippen LogP contribution in [0.1, 0.15) is 31.2 Å². The van der Waals surface area contributed by atoms with Crippen LogP contribution in [0.25, 0.3) is 0 Å². The van der Waals surface area contributed by atoms with Gasteiger partial charge >= 0.3 is 0 Å². The molecule has 4 rings (SSSR count). The van der Waals surface area contributed by atoms with Gasteiger partial charge in [-0.1, -0.05) is 18.2 Å². The monoisotopic (exact) mass is 434 g/mol. The Hall–Kier alpha value is -2.13. The number of anilines is 1. The Morgan fingerprint density at radius 1 is 1.30 bits per heavy atom. The summed E-state index contributed by atoms with van der Waals surface area (Å²) >= 11 is 0. The van der Waals surface area contributed by atoms with E-state index in [0.29, 0.717) is 25.9 Å². The molecule has 1 aromatic rings. The fourth-order valence-electron chi connectivity index (χ4n) is 4.92. The lowest BCUT2D eigenvalue weighted by Crippen LogP contribution is -2.42. The van der Waals surface area contributed by atoms with Gasteiger partial charge in [-0.3, -0.25) is 9.59 Å². The summed E-state index contributed by atoms with van der Waals surface area (Å²) in [6.45, 7) is 2.95. The Morgan fingerprint density at radius 3 is 2.87 bits per heavy atom. The number of amides is 2. The lowest BCUT2D eigenvalue weighted by Gasteiger charge is -2.31. The Labute approximate surface area is 178 Å². The van der Waals surface area contributed by atoms with Crippen molar-refractivity contribution in [1.29, 1.82) is 0 Å². The van der Waals surface area contributed by atoms with Gasteiger partial charge in [0.15, 0.2) is 0 Å². The molecule has 9 heteroatoms. The molecule has 0 aromatic heterocycles. The van der Waals surface area contributed by atoms with Gasteiger partial charge in [0, 0.05) is 38.4 Å². The van der Waals surface area contributed by atoms with Gasteiger partial charge in [-0.2, -0.15) is 0 Å². The first-order chi connectivity index (χ1) is 14.3. The SMILES string of the molecule is CS(=O)(=O)N1CCC2(CC(C(=O)NCCCN3CCCc4ccccc43)NC2=O)C1. The molecule has 2 amide bonds. The molecule has 3 heterocycles. The van der Waals surface area contributed by atoms with E-state index in [1.807, 2.05) is 0 Å². The summed E-state index contributed by atoms with van der Waals surface area (Å²) in [6.07, 6.45) is 5.05. The number of nitrogens with one attached hydrogen (secondary N) is 2. The molecule has 2 fully saturated rings. The number of fused-ring (bicyclic) bond motifs is 1. The van der Waals surface area contributed by atoms with E-state index >= 15 is 0 Å². The third kappa shape index (κ3) is 4.18. The van der Waals surface area contributed by atoms with Crippen molar-refractivity contribution >= 4 is 27.5 Å². The van der Waals surface area contributed by atoms with Crippen LogP contribution in [-0.2, 0) is 26.0 Å². The molecule has 0 bridgehead atoms. The quantitative estimate of drug-likeness (QED) is 0.635. The number of hydrogen-bond acceptors (Lipinski definition) is 5. The van der Waals surface area contributed by atoms with Crippen molar-refractivity contribution in [3.8, 4) is 0 Å². The smallest absolute Gasteiger partial charge is 0.242 e. The van der Waals surface area contributed by atoms with Crippen LogP contribution in [-0.4, -0.2) is 69.6 Å². The number of carbonyl (C=O) groups excluding carboxylic acids is 2. The summed E-state index contributed by atoms with van der Waals surface area (Å²) in [6, 6.07) is 7.88. The summed E-state index contributed by atoms with van der Waals surface area (Å²) in [4.78, 5) is 27.5. The fraction of sp³-hybridized carbons (Fsp3) is 0.619. The molecule has 0 saturated carbocycles. The van der Waals surface area contributed by atoms with Crippen molar-refractivity contribution in [2.75, 3.05) is 43.9 Å². The van der Waals surface area contributed by atoms with E-state index in [2.05, 4.69) is 39.8 Å². The lowest BCUT2D eigenvalue weighted by atomic mass is 9.84. The molecule has 0 aliphatic carbocycles. The van der Waals surface area contributed by atoms with Crippen molar-refractivity contribution in [3.05, 3.63) is 29.8 Å². The van der Waals surface area contributed by atoms with Gasteiger partial charge in [-0.05, 0) is 43.7 Å². The van der Waals surface area contributed by atoms with E-state index in [1.165, 1.54) is 15.6 Å². The van der Waals surface area contributed by atoms with Crippen LogP contribution in [0.4, 0.5) is 5.69 Å². The number of carbonyl (C=O) groups is 2. The van der Waals surface area contributed by atoms with Crippen molar-refractivity contribution in [2.24, 2.45) is 5.41 Å². The molecule has 2 atom stereocenters. The predicted molar refractivity (Wildman–Crippen MR) is 115 cm³/mol. The number of hydrogen-bond donors (Lipinski definition) is 2. The van der Waals surface area contributed by atoms with E-state index in [0.717, 1.165) is 38.6 Å². The normalized spacial score (nSPS) is 26.6. The zero-order chi connectivity index (χ0) is 21.4. The van der Waals surface area contributed by atoms with Gasteiger partial charge in [0.1, 0.15) is 6.04 Å². The minimum atomic E-state index is -3.33.